The van der Waals surface area contributed by atoms with Crippen LogP contribution in [0.15, 0.2) is 83.9 Å². The average molecular weight is 343 g/mol. The molecular formula is C21H17N3O2. The molecular weight excluding hydrogens is 326 g/mol. The lowest BCUT2D eigenvalue weighted by Gasteiger charge is -2.19. The van der Waals surface area contributed by atoms with E-state index in [2.05, 4.69) is 17.4 Å². The molecule has 0 bridgehead atoms. The van der Waals surface area contributed by atoms with Crippen LogP contribution in [0.2, 0.25) is 0 Å². The van der Waals surface area contributed by atoms with Gasteiger partial charge in [-0.1, -0.05) is 42.5 Å². The molecule has 5 nitrogen and oxygen atoms in total. The molecule has 1 aliphatic rings. The fourth-order valence-corrected chi connectivity index (χ4v) is 3.16. The molecule has 0 saturated carbocycles. The van der Waals surface area contributed by atoms with Crippen molar-refractivity contribution in [2.45, 2.75) is 12.5 Å². The molecule has 1 aliphatic heterocycles. The number of hydrogen-bond acceptors (Lipinski definition) is 4. The highest BCUT2D eigenvalue weighted by Gasteiger charge is 2.21. The SMILES string of the molecule is O=[N+]([O-])c1ccc(C2=Nc3ccccc3N[C@H](c3ccccc3)C2)cc1. The zero-order valence-corrected chi connectivity index (χ0v) is 14.0. The molecule has 0 unspecified atom stereocenters. The van der Waals surface area contributed by atoms with Gasteiger partial charge in [-0.15, -0.1) is 0 Å². The molecule has 0 radical (unpaired) electrons. The van der Waals surface area contributed by atoms with Gasteiger partial charge in [0.2, 0.25) is 0 Å². The summed E-state index contributed by atoms with van der Waals surface area (Å²) in [4.78, 5) is 15.4. The topological polar surface area (TPSA) is 67.5 Å². The Kier molecular flexibility index (Phi) is 4.19. The first-order valence-electron chi connectivity index (χ1n) is 8.43. The molecule has 0 amide bonds. The van der Waals surface area contributed by atoms with E-state index in [4.69, 9.17) is 4.99 Å². The Labute approximate surface area is 151 Å². The molecule has 0 aliphatic carbocycles. The molecule has 0 aromatic heterocycles. The number of nitro benzene ring substituents is 1. The molecule has 4 rings (SSSR count). The number of benzene rings is 3. The van der Waals surface area contributed by atoms with E-state index in [0.717, 1.165) is 22.6 Å². The van der Waals surface area contributed by atoms with Crippen LogP contribution in [-0.4, -0.2) is 10.6 Å². The first-order valence-corrected chi connectivity index (χ1v) is 8.43. The third kappa shape index (κ3) is 3.19. The Morgan fingerprint density at radius 2 is 1.62 bits per heavy atom. The Hall–Kier alpha value is -3.47. The van der Waals surface area contributed by atoms with Crippen LogP contribution >= 0.6 is 0 Å². The smallest absolute Gasteiger partial charge is 0.269 e. The van der Waals surface area contributed by atoms with Gasteiger partial charge in [0.05, 0.1) is 28.1 Å². The van der Waals surface area contributed by atoms with E-state index in [9.17, 15) is 10.1 Å². The summed E-state index contributed by atoms with van der Waals surface area (Å²) in [7, 11) is 0. The normalized spacial score (nSPS) is 16.0. The van der Waals surface area contributed by atoms with E-state index in [0.29, 0.717) is 6.42 Å². The second-order valence-corrected chi connectivity index (χ2v) is 6.19. The second kappa shape index (κ2) is 6.80. The summed E-state index contributed by atoms with van der Waals surface area (Å²) in [5.74, 6) is 0. The zero-order chi connectivity index (χ0) is 17.9. The highest BCUT2D eigenvalue weighted by Crippen LogP contribution is 2.35. The van der Waals surface area contributed by atoms with Crippen LogP contribution in [0.5, 0.6) is 0 Å². The van der Waals surface area contributed by atoms with Gasteiger partial charge in [0.1, 0.15) is 0 Å². The third-order valence-corrected chi connectivity index (χ3v) is 4.50. The number of hydrogen-bond donors (Lipinski definition) is 1. The summed E-state index contributed by atoms with van der Waals surface area (Å²) < 4.78 is 0. The van der Waals surface area contributed by atoms with E-state index in [-0.39, 0.29) is 16.7 Å². The summed E-state index contributed by atoms with van der Waals surface area (Å²) in [5, 5.41) is 14.5. The number of non-ortho nitro benzene ring substituents is 1. The second-order valence-electron chi connectivity index (χ2n) is 6.19. The van der Waals surface area contributed by atoms with Gasteiger partial charge in [-0.05, 0) is 35.4 Å². The number of anilines is 1. The van der Waals surface area contributed by atoms with Crippen molar-refractivity contribution < 1.29 is 4.92 Å². The number of rotatable bonds is 3. The van der Waals surface area contributed by atoms with E-state index < -0.39 is 0 Å². The van der Waals surface area contributed by atoms with Crippen molar-refractivity contribution in [1.82, 2.24) is 0 Å². The summed E-state index contributed by atoms with van der Waals surface area (Å²) >= 11 is 0. The van der Waals surface area contributed by atoms with Crippen molar-refractivity contribution in [2.75, 3.05) is 5.32 Å². The highest BCUT2D eigenvalue weighted by molar-refractivity contribution is 6.04. The van der Waals surface area contributed by atoms with E-state index in [1.54, 1.807) is 12.1 Å². The fourth-order valence-electron chi connectivity index (χ4n) is 3.16. The fraction of sp³-hybridized carbons (Fsp3) is 0.0952. The number of para-hydroxylation sites is 2. The van der Waals surface area contributed by atoms with Crippen molar-refractivity contribution in [2.24, 2.45) is 4.99 Å². The van der Waals surface area contributed by atoms with E-state index >= 15 is 0 Å². The van der Waals surface area contributed by atoms with Gasteiger partial charge in [0.15, 0.2) is 0 Å². The first-order chi connectivity index (χ1) is 12.7. The lowest BCUT2D eigenvalue weighted by molar-refractivity contribution is -0.384. The van der Waals surface area contributed by atoms with Crippen LogP contribution in [0.3, 0.4) is 0 Å². The van der Waals surface area contributed by atoms with Crippen molar-refractivity contribution in [3.05, 3.63) is 100 Å². The van der Waals surface area contributed by atoms with E-state index in [1.165, 1.54) is 17.7 Å². The largest absolute Gasteiger partial charge is 0.376 e. The zero-order valence-electron chi connectivity index (χ0n) is 14.0. The Morgan fingerprint density at radius 3 is 2.35 bits per heavy atom. The molecule has 3 aromatic rings. The summed E-state index contributed by atoms with van der Waals surface area (Å²) in [6, 6.07) is 24.9. The predicted molar refractivity (Wildman–Crippen MR) is 103 cm³/mol. The van der Waals surface area contributed by atoms with Crippen LogP contribution in [0.1, 0.15) is 23.6 Å². The molecule has 5 heteroatoms. The molecule has 128 valence electrons. The molecule has 1 atom stereocenters. The van der Waals surface area contributed by atoms with Crippen LogP contribution in [-0.2, 0) is 0 Å². The predicted octanol–water partition coefficient (Wildman–Crippen LogP) is 5.27. The highest BCUT2D eigenvalue weighted by atomic mass is 16.6. The van der Waals surface area contributed by atoms with E-state index in [1.807, 2.05) is 42.5 Å². The minimum absolute atomic E-state index is 0.0776. The Balaban J connectivity index is 1.77. The number of nitrogens with zero attached hydrogens (tertiary/aromatic N) is 2. The standard InChI is InChI=1S/C21H17N3O2/c25-24(26)17-12-10-16(11-13-17)21-14-20(15-6-2-1-3-7-15)22-18-8-4-5-9-19(18)23-21/h1-13,20,22H,14H2/t20-/m0/s1. The number of nitrogens with one attached hydrogen (secondary N) is 1. The van der Waals surface area contributed by atoms with Gasteiger partial charge >= 0.3 is 0 Å². The minimum atomic E-state index is -0.387. The van der Waals surface area contributed by atoms with Crippen LogP contribution in [0.4, 0.5) is 17.1 Å². The monoisotopic (exact) mass is 343 g/mol. The van der Waals surface area contributed by atoms with Crippen LogP contribution < -0.4 is 5.32 Å². The minimum Gasteiger partial charge on any atom is -0.376 e. The molecule has 26 heavy (non-hydrogen) atoms. The Bertz CT molecular complexity index is 966. The van der Waals surface area contributed by atoms with Crippen LogP contribution in [0, 0.1) is 10.1 Å². The van der Waals surface area contributed by atoms with Crippen molar-refractivity contribution in [3.63, 3.8) is 0 Å². The quantitative estimate of drug-likeness (QED) is 0.520. The molecule has 1 N–H and O–H groups in total. The summed E-state index contributed by atoms with van der Waals surface area (Å²) in [6.07, 6.45) is 0.691. The first kappa shape index (κ1) is 16.0. The van der Waals surface area contributed by atoms with Crippen LogP contribution in [0.25, 0.3) is 0 Å². The Morgan fingerprint density at radius 1 is 0.923 bits per heavy atom. The molecule has 0 saturated heterocycles. The number of aliphatic imine (C=N–C) groups is 1. The third-order valence-electron chi connectivity index (χ3n) is 4.50. The maximum atomic E-state index is 10.9. The average Bonchev–Trinajstić information content (AvgIpc) is 2.88. The number of fused-ring (bicyclic) bond motifs is 1. The van der Waals surface area contributed by atoms with Gasteiger partial charge in [0.25, 0.3) is 5.69 Å². The van der Waals surface area contributed by atoms with Gasteiger partial charge < -0.3 is 5.32 Å². The number of nitro groups is 1. The van der Waals surface area contributed by atoms with Gasteiger partial charge in [-0.25, -0.2) is 0 Å². The maximum Gasteiger partial charge on any atom is 0.269 e. The maximum absolute atomic E-state index is 10.9. The molecule has 3 aromatic carbocycles. The van der Waals surface area contributed by atoms with Gasteiger partial charge in [-0.2, -0.15) is 0 Å². The van der Waals surface area contributed by atoms with Gasteiger partial charge in [0, 0.05) is 18.6 Å². The van der Waals surface area contributed by atoms with Crippen molar-refractivity contribution in [1.29, 1.82) is 0 Å². The lowest BCUT2D eigenvalue weighted by Crippen LogP contribution is -2.14. The lowest BCUT2D eigenvalue weighted by atomic mass is 9.97. The summed E-state index contributed by atoms with van der Waals surface area (Å²) in [5.41, 5.74) is 4.93. The summed E-state index contributed by atoms with van der Waals surface area (Å²) in [6.45, 7) is 0. The molecule has 0 spiro atoms. The van der Waals surface area contributed by atoms with Crippen molar-refractivity contribution in [3.8, 4) is 0 Å². The van der Waals surface area contributed by atoms with Gasteiger partial charge in [-0.3, -0.25) is 15.1 Å². The molecule has 1 heterocycles. The van der Waals surface area contributed by atoms with Crippen molar-refractivity contribution >= 4 is 22.8 Å². The molecule has 0 fully saturated rings.